The number of ether oxygens (including phenoxy) is 2. The molecule has 7 atom stereocenters. The minimum absolute atomic E-state index is 0.0265. The summed E-state index contributed by atoms with van der Waals surface area (Å²) in [4.78, 5) is 26.6. The van der Waals surface area contributed by atoms with Crippen molar-refractivity contribution in [1.29, 1.82) is 0 Å². The molecule has 3 heterocycles. The predicted molar refractivity (Wildman–Crippen MR) is 136 cm³/mol. The number of alkyl halides is 2. The van der Waals surface area contributed by atoms with Gasteiger partial charge < -0.3 is 29.7 Å². The molecule has 0 bridgehead atoms. The molecule has 200 valence electrons. The fourth-order valence-electron chi connectivity index (χ4n) is 4.46. The number of carbonyl (C=O) groups is 1. The van der Waals surface area contributed by atoms with Crippen molar-refractivity contribution >= 4 is 58.7 Å². The number of nitrogens with one attached hydrogen (secondary N) is 1. The van der Waals surface area contributed by atoms with E-state index in [1.165, 1.54) is 10.9 Å². The number of hydrogen-bond donors (Lipinski definition) is 3. The van der Waals surface area contributed by atoms with Crippen LogP contribution in [0.3, 0.4) is 0 Å². The van der Waals surface area contributed by atoms with Crippen LogP contribution in [0.15, 0.2) is 6.33 Å². The number of halogens is 2. The van der Waals surface area contributed by atoms with Gasteiger partial charge >= 0.3 is 5.97 Å². The zero-order valence-corrected chi connectivity index (χ0v) is 23.1. The Hall–Kier alpha value is -1.67. The van der Waals surface area contributed by atoms with Crippen molar-refractivity contribution in [3.8, 4) is 0 Å². The molecule has 4 rings (SSSR count). The van der Waals surface area contributed by atoms with Crippen molar-refractivity contribution in [2.75, 3.05) is 37.3 Å². The molecular weight excluding hydrogens is 536 g/mol. The highest BCUT2D eigenvalue weighted by atomic mass is 35.5. The highest BCUT2D eigenvalue weighted by molar-refractivity contribution is 8.11. The first-order chi connectivity index (χ1) is 16.7. The number of nitrogens with zero attached hydrogens (tertiary/aromatic N) is 5. The summed E-state index contributed by atoms with van der Waals surface area (Å²) in [5.74, 6) is -0.347. The second kappa shape index (κ2) is 9.26. The highest BCUT2D eigenvalue weighted by Gasteiger charge is 2.89. The van der Waals surface area contributed by atoms with E-state index in [1.807, 2.05) is 0 Å². The average molecular weight is 566 g/mol. The number of aliphatic hydroxyl groups is 1. The van der Waals surface area contributed by atoms with Crippen molar-refractivity contribution in [3.05, 3.63) is 6.33 Å². The van der Waals surface area contributed by atoms with Gasteiger partial charge in [-0.05, 0) is 20.8 Å². The van der Waals surface area contributed by atoms with Gasteiger partial charge in [0, 0.05) is 20.8 Å². The van der Waals surface area contributed by atoms with Crippen LogP contribution in [0.5, 0.6) is 0 Å². The van der Waals surface area contributed by atoms with Gasteiger partial charge in [-0.15, -0.1) is 11.6 Å². The lowest BCUT2D eigenvalue weighted by Gasteiger charge is -2.28. The number of rotatable bonds is 9. The highest BCUT2D eigenvalue weighted by Crippen LogP contribution is 2.68. The van der Waals surface area contributed by atoms with Crippen molar-refractivity contribution in [3.63, 3.8) is 0 Å². The summed E-state index contributed by atoms with van der Waals surface area (Å²) in [7, 11) is 3.53. The van der Waals surface area contributed by atoms with E-state index in [0.29, 0.717) is 11.3 Å². The van der Waals surface area contributed by atoms with Crippen LogP contribution in [0.4, 0.5) is 16.2 Å². The van der Waals surface area contributed by atoms with Crippen LogP contribution in [0.2, 0.25) is 0 Å². The molecule has 1 saturated carbocycles. The lowest BCUT2D eigenvalue weighted by atomic mass is 10.1. The van der Waals surface area contributed by atoms with Gasteiger partial charge in [0.2, 0.25) is 5.95 Å². The summed E-state index contributed by atoms with van der Waals surface area (Å²) >= 11 is 11.7. The summed E-state index contributed by atoms with van der Waals surface area (Å²) < 4.78 is 34.4. The number of nitrogen functional groups attached to an aromatic ring is 1. The number of imidazole rings is 1. The molecule has 1 aliphatic heterocycles. The molecule has 0 aromatic carbocycles. The van der Waals surface area contributed by atoms with Crippen LogP contribution in [-0.2, 0) is 30.6 Å². The summed E-state index contributed by atoms with van der Waals surface area (Å²) in [6.07, 6.45) is -6.27. The molecule has 16 heteroatoms. The molecule has 2 aromatic rings. The molecule has 12 nitrogen and oxygen atoms in total. The van der Waals surface area contributed by atoms with E-state index in [9.17, 15) is 9.90 Å². The van der Waals surface area contributed by atoms with E-state index in [2.05, 4.69) is 20.0 Å². The molecule has 0 spiro atoms. The molecule has 1 saturated heterocycles. The third-order valence-electron chi connectivity index (χ3n) is 6.18. The number of esters is 1. The molecule has 2 unspecified atom stereocenters. The lowest BCUT2D eigenvalue weighted by Crippen LogP contribution is -2.37. The number of fused-ring (bicyclic) bond motifs is 2. The van der Waals surface area contributed by atoms with Crippen molar-refractivity contribution in [2.24, 2.45) is 0 Å². The Balaban J connectivity index is 1.57. The molecular formula is C20H30ClFN7O5PS. The predicted octanol–water partition coefficient (Wildman–Crippen LogP) is 1.32. The second-order valence-electron chi connectivity index (χ2n) is 9.55. The molecule has 2 aromatic heterocycles. The third-order valence-corrected chi connectivity index (χ3v) is 8.62. The Bertz CT molecular complexity index is 1230. The fraction of sp³-hybridized carbons (Fsp3) is 0.700. The van der Waals surface area contributed by atoms with E-state index < -0.39 is 48.1 Å². The smallest absolute Gasteiger partial charge is 0.323 e. The monoisotopic (exact) mass is 565 g/mol. The van der Waals surface area contributed by atoms with Crippen molar-refractivity contribution in [1.82, 2.24) is 24.6 Å². The summed E-state index contributed by atoms with van der Waals surface area (Å²) in [5, 5.41) is 14.3. The lowest BCUT2D eigenvalue weighted by molar-refractivity contribution is -0.149. The van der Waals surface area contributed by atoms with E-state index >= 15 is 4.39 Å². The zero-order chi connectivity index (χ0) is 26.8. The van der Waals surface area contributed by atoms with Gasteiger partial charge in [-0.25, -0.2) is 9.37 Å². The summed E-state index contributed by atoms with van der Waals surface area (Å²) in [6, 6.07) is -0.772. The first kappa shape index (κ1) is 27.4. The maximum Gasteiger partial charge on any atom is 0.323 e. The Morgan fingerprint density at radius 1 is 1.47 bits per heavy atom. The van der Waals surface area contributed by atoms with Gasteiger partial charge in [-0.2, -0.15) is 9.97 Å². The van der Waals surface area contributed by atoms with Crippen molar-refractivity contribution < 1.29 is 28.3 Å². The average Bonchev–Trinajstić information content (AvgIpc) is 3.03. The van der Waals surface area contributed by atoms with Gasteiger partial charge in [-0.3, -0.25) is 14.4 Å². The van der Waals surface area contributed by atoms with Crippen LogP contribution in [-0.4, -0.2) is 92.9 Å². The standard InChI is InChI=1S/C20H30ClFN7O5PS/c1-9(2)32-16(30)10(3)27-35(6,36)34-17-19(7-21)20(17,31)12(22)15(33-19)29-8-24-11-13(28(4)5)25-18(23)26-14(11)29/h8-10,12,15,17,31H,7H2,1-6H3,(H,27,36)(H2,23,25,26)/t10-,12-,15+,17?,19+,20+,35?/m0/s1. The molecule has 4 N–H and O–H groups in total. The Morgan fingerprint density at radius 2 is 2.14 bits per heavy atom. The summed E-state index contributed by atoms with van der Waals surface area (Å²) in [5.41, 5.74) is 2.84. The molecule has 2 aliphatic rings. The van der Waals surface area contributed by atoms with Gasteiger partial charge in [0.15, 0.2) is 35.0 Å². The number of carbonyl (C=O) groups excluding carboxylic acids is 1. The fourth-order valence-corrected chi connectivity index (χ4v) is 7.22. The number of nitrogens with two attached hydrogens (primary N) is 1. The van der Waals surface area contributed by atoms with Crippen molar-refractivity contribution in [2.45, 2.75) is 62.6 Å². The van der Waals surface area contributed by atoms with Crippen LogP contribution >= 0.6 is 18.0 Å². The molecule has 0 radical (unpaired) electrons. The zero-order valence-electron chi connectivity index (χ0n) is 20.7. The van der Waals surface area contributed by atoms with Gasteiger partial charge in [-0.1, -0.05) is 11.8 Å². The maximum atomic E-state index is 15.9. The number of aromatic nitrogens is 4. The Morgan fingerprint density at radius 3 is 2.69 bits per heavy atom. The van der Waals surface area contributed by atoms with Crippen LogP contribution < -0.4 is 15.7 Å². The van der Waals surface area contributed by atoms with E-state index in [0.717, 1.165) is 0 Å². The largest absolute Gasteiger partial charge is 0.462 e. The Kier molecular flexibility index (Phi) is 7.04. The van der Waals surface area contributed by atoms with E-state index in [-0.39, 0.29) is 23.6 Å². The number of anilines is 2. The molecule has 1 aliphatic carbocycles. The van der Waals surface area contributed by atoms with Crippen LogP contribution in [0.1, 0.15) is 27.0 Å². The minimum atomic E-state index is -2.91. The number of hydrogen-bond acceptors (Lipinski definition) is 11. The third kappa shape index (κ3) is 4.26. The van der Waals surface area contributed by atoms with Gasteiger partial charge in [0.05, 0.1) is 18.3 Å². The molecule has 36 heavy (non-hydrogen) atoms. The van der Waals surface area contributed by atoms with Crippen LogP contribution in [0, 0.1) is 0 Å². The molecule has 0 amide bonds. The quantitative estimate of drug-likeness (QED) is 0.228. The normalized spacial score (nSPS) is 31.8. The van der Waals surface area contributed by atoms with Gasteiger partial charge in [0.1, 0.15) is 24.2 Å². The van der Waals surface area contributed by atoms with E-state index in [4.69, 9.17) is 43.1 Å². The van der Waals surface area contributed by atoms with Crippen LogP contribution in [0.25, 0.3) is 11.2 Å². The van der Waals surface area contributed by atoms with Gasteiger partial charge in [0.25, 0.3) is 0 Å². The Labute approximate surface area is 217 Å². The van der Waals surface area contributed by atoms with E-state index in [1.54, 1.807) is 46.4 Å². The first-order valence-corrected chi connectivity index (χ1v) is 14.9. The molecule has 2 fully saturated rings. The SMILES string of the molecule is CC(C)OC(=O)[C@H](C)NP(C)(=S)OC1[C@@]2(CCl)O[C@@H](n3cnc4c(N(C)C)nc(N)nc43)[C@H](F)[C@@]12O. The summed E-state index contributed by atoms with van der Waals surface area (Å²) in [6.45, 7) is 6.63. The topological polar surface area (TPSA) is 150 Å². The second-order valence-corrected chi connectivity index (χ2v) is 14.1. The maximum absolute atomic E-state index is 15.9. The minimum Gasteiger partial charge on any atom is -0.462 e. The first-order valence-electron chi connectivity index (χ1n) is 11.2.